The van der Waals surface area contributed by atoms with Crippen molar-refractivity contribution in [3.8, 4) is 0 Å². The predicted molar refractivity (Wildman–Crippen MR) is 103 cm³/mol. The Labute approximate surface area is 165 Å². The average Bonchev–Trinajstić information content (AvgIpc) is 3.37. The molecule has 7 heteroatoms. The Kier molecular flexibility index (Phi) is 5.94. The minimum Gasteiger partial charge on any atom is -0.342 e. The highest BCUT2D eigenvalue weighted by Gasteiger charge is 2.41. The minimum atomic E-state index is -0.834. The Morgan fingerprint density at radius 2 is 1.96 bits per heavy atom. The SMILES string of the molecule is CC(CCC(=O)N1CCC2NNC(c3ccc(F)c(F)c3)C2C1)N1CCCC1. The van der Waals surface area contributed by atoms with Crippen LogP contribution in [0.3, 0.4) is 0 Å². The second-order valence-corrected chi connectivity index (χ2v) is 8.47. The van der Waals surface area contributed by atoms with Gasteiger partial charge >= 0.3 is 0 Å². The summed E-state index contributed by atoms with van der Waals surface area (Å²) >= 11 is 0. The summed E-state index contributed by atoms with van der Waals surface area (Å²) in [6.45, 7) is 5.91. The van der Waals surface area contributed by atoms with Gasteiger partial charge in [-0.05, 0) is 63.4 Å². The highest BCUT2D eigenvalue weighted by atomic mass is 19.2. The number of rotatable bonds is 5. The first kappa shape index (κ1) is 19.7. The lowest BCUT2D eigenvalue weighted by molar-refractivity contribution is -0.133. The molecule has 2 N–H and O–H groups in total. The molecule has 1 amide bonds. The molecule has 0 radical (unpaired) electrons. The van der Waals surface area contributed by atoms with Crippen LogP contribution in [0.2, 0.25) is 0 Å². The summed E-state index contributed by atoms with van der Waals surface area (Å²) < 4.78 is 27.0. The van der Waals surface area contributed by atoms with Gasteiger partial charge in [-0.2, -0.15) is 0 Å². The molecule has 0 aromatic heterocycles. The number of amides is 1. The van der Waals surface area contributed by atoms with Gasteiger partial charge in [-0.1, -0.05) is 6.07 Å². The number of carbonyl (C=O) groups excluding carboxylic acids is 1. The maximum Gasteiger partial charge on any atom is 0.222 e. The molecule has 1 aromatic carbocycles. The van der Waals surface area contributed by atoms with Crippen LogP contribution in [0.25, 0.3) is 0 Å². The first-order valence-corrected chi connectivity index (χ1v) is 10.5. The largest absolute Gasteiger partial charge is 0.342 e. The number of likely N-dealkylation sites (tertiary alicyclic amines) is 2. The highest BCUT2D eigenvalue weighted by molar-refractivity contribution is 5.76. The predicted octanol–water partition coefficient (Wildman–Crippen LogP) is 2.60. The summed E-state index contributed by atoms with van der Waals surface area (Å²) in [7, 11) is 0. The third-order valence-electron chi connectivity index (χ3n) is 6.71. The second kappa shape index (κ2) is 8.43. The fourth-order valence-corrected chi connectivity index (χ4v) is 4.92. The molecule has 1 aromatic rings. The van der Waals surface area contributed by atoms with Gasteiger partial charge in [-0.25, -0.2) is 14.2 Å². The van der Waals surface area contributed by atoms with Gasteiger partial charge in [0.2, 0.25) is 5.91 Å². The Hall–Kier alpha value is -1.57. The second-order valence-electron chi connectivity index (χ2n) is 8.47. The molecule has 5 nitrogen and oxygen atoms in total. The Morgan fingerprint density at radius 3 is 2.71 bits per heavy atom. The van der Waals surface area contributed by atoms with Gasteiger partial charge in [0, 0.05) is 37.5 Å². The lowest BCUT2D eigenvalue weighted by atomic mass is 9.85. The molecule has 3 heterocycles. The maximum absolute atomic E-state index is 13.7. The van der Waals surface area contributed by atoms with Gasteiger partial charge in [0.25, 0.3) is 0 Å². The van der Waals surface area contributed by atoms with Crippen molar-refractivity contribution >= 4 is 5.91 Å². The van der Waals surface area contributed by atoms with Crippen LogP contribution in [0.5, 0.6) is 0 Å². The Balaban J connectivity index is 1.35. The molecule has 28 heavy (non-hydrogen) atoms. The van der Waals surface area contributed by atoms with Gasteiger partial charge in [0.15, 0.2) is 11.6 Å². The van der Waals surface area contributed by atoms with E-state index in [1.165, 1.54) is 25.0 Å². The lowest BCUT2D eigenvalue weighted by Gasteiger charge is -2.36. The number of nitrogens with one attached hydrogen (secondary N) is 2. The van der Waals surface area contributed by atoms with Crippen LogP contribution in [0.15, 0.2) is 18.2 Å². The van der Waals surface area contributed by atoms with Crippen molar-refractivity contribution in [2.24, 2.45) is 5.92 Å². The number of hydrogen-bond acceptors (Lipinski definition) is 4. The highest BCUT2D eigenvalue weighted by Crippen LogP contribution is 2.34. The number of piperidine rings is 1. The number of halogens is 2. The van der Waals surface area contributed by atoms with E-state index < -0.39 is 11.6 Å². The molecule has 0 aliphatic carbocycles. The van der Waals surface area contributed by atoms with Gasteiger partial charge in [0.05, 0.1) is 6.04 Å². The topological polar surface area (TPSA) is 47.6 Å². The molecule has 4 rings (SSSR count). The van der Waals surface area contributed by atoms with E-state index in [4.69, 9.17) is 0 Å². The summed E-state index contributed by atoms with van der Waals surface area (Å²) in [5, 5.41) is 0. The number of nitrogens with zero attached hydrogens (tertiary/aromatic N) is 2. The summed E-state index contributed by atoms with van der Waals surface area (Å²) in [5.74, 6) is -1.31. The fraction of sp³-hybridized carbons (Fsp3) is 0.667. The molecule has 0 bridgehead atoms. The standard InChI is InChI=1S/C21H30F2N4O/c1-14(26-9-2-3-10-26)4-7-20(28)27-11-8-19-16(13-27)21(25-24-19)15-5-6-17(22)18(23)12-15/h5-6,12,14,16,19,21,24-25H,2-4,7-11,13H2,1H3. The monoisotopic (exact) mass is 392 g/mol. The summed E-state index contributed by atoms with van der Waals surface area (Å²) in [6, 6.07) is 4.62. The molecule has 3 fully saturated rings. The smallest absolute Gasteiger partial charge is 0.222 e. The third-order valence-corrected chi connectivity index (χ3v) is 6.71. The molecule has 3 aliphatic rings. The zero-order chi connectivity index (χ0) is 19.7. The van der Waals surface area contributed by atoms with E-state index in [0.717, 1.165) is 38.0 Å². The first-order chi connectivity index (χ1) is 13.5. The molecular formula is C21H30F2N4O. The number of hydrogen-bond donors (Lipinski definition) is 2. The molecular weight excluding hydrogens is 362 g/mol. The number of hydrazine groups is 1. The van der Waals surface area contributed by atoms with Crippen LogP contribution in [-0.2, 0) is 4.79 Å². The molecule has 4 unspecified atom stereocenters. The van der Waals surface area contributed by atoms with Crippen molar-refractivity contribution in [1.82, 2.24) is 20.7 Å². The molecule has 4 atom stereocenters. The quantitative estimate of drug-likeness (QED) is 0.809. The zero-order valence-corrected chi connectivity index (χ0v) is 16.5. The lowest BCUT2D eigenvalue weighted by Crippen LogP contribution is -2.48. The normalized spacial score (nSPS) is 29.1. The van der Waals surface area contributed by atoms with Crippen molar-refractivity contribution < 1.29 is 13.6 Å². The number of fused-ring (bicyclic) bond motifs is 1. The molecule has 3 saturated heterocycles. The third kappa shape index (κ3) is 4.07. The van der Waals surface area contributed by atoms with Crippen molar-refractivity contribution in [1.29, 1.82) is 0 Å². The maximum atomic E-state index is 13.7. The van der Waals surface area contributed by atoms with Crippen molar-refractivity contribution in [3.63, 3.8) is 0 Å². The molecule has 0 spiro atoms. The van der Waals surface area contributed by atoms with E-state index in [0.29, 0.717) is 19.0 Å². The summed E-state index contributed by atoms with van der Waals surface area (Å²) in [4.78, 5) is 17.2. The molecule has 154 valence electrons. The van der Waals surface area contributed by atoms with E-state index in [-0.39, 0.29) is 23.9 Å². The van der Waals surface area contributed by atoms with Crippen LogP contribution in [0.4, 0.5) is 8.78 Å². The van der Waals surface area contributed by atoms with Gasteiger partial charge in [-0.3, -0.25) is 10.2 Å². The van der Waals surface area contributed by atoms with E-state index in [1.807, 2.05) is 4.90 Å². The first-order valence-electron chi connectivity index (χ1n) is 10.5. The van der Waals surface area contributed by atoms with Crippen LogP contribution in [-0.4, -0.2) is 54.0 Å². The van der Waals surface area contributed by atoms with Crippen LogP contribution >= 0.6 is 0 Å². The van der Waals surface area contributed by atoms with E-state index in [9.17, 15) is 13.6 Å². The fourth-order valence-electron chi connectivity index (χ4n) is 4.92. The van der Waals surface area contributed by atoms with E-state index in [1.54, 1.807) is 6.07 Å². The Morgan fingerprint density at radius 1 is 1.18 bits per heavy atom. The van der Waals surface area contributed by atoms with E-state index >= 15 is 0 Å². The van der Waals surface area contributed by atoms with Crippen LogP contribution in [0, 0.1) is 17.6 Å². The van der Waals surface area contributed by atoms with E-state index in [2.05, 4.69) is 22.7 Å². The summed E-state index contributed by atoms with van der Waals surface area (Å²) in [5.41, 5.74) is 7.22. The summed E-state index contributed by atoms with van der Waals surface area (Å²) in [6.07, 6.45) is 4.86. The van der Waals surface area contributed by atoms with Crippen LogP contribution in [0.1, 0.15) is 50.6 Å². The zero-order valence-electron chi connectivity index (χ0n) is 16.5. The van der Waals surface area contributed by atoms with Crippen molar-refractivity contribution in [2.75, 3.05) is 26.2 Å². The van der Waals surface area contributed by atoms with Gasteiger partial charge < -0.3 is 9.80 Å². The van der Waals surface area contributed by atoms with Crippen LogP contribution < -0.4 is 10.9 Å². The Bertz CT molecular complexity index is 710. The van der Waals surface area contributed by atoms with Crippen molar-refractivity contribution in [3.05, 3.63) is 35.4 Å². The molecule has 3 aliphatic heterocycles. The minimum absolute atomic E-state index is 0.126. The van der Waals surface area contributed by atoms with Crippen molar-refractivity contribution in [2.45, 2.75) is 57.2 Å². The molecule has 0 saturated carbocycles. The number of benzene rings is 1. The number of carbonyl (C=O) groups is 1. The van der Waals surface area contributed by atoms with Gasteiger partial charge in [-0.15, -0.1) is 0 Å². The average molecular weight is 392 g/mol. The van der Waals surface area contributed by atoms with Gasteiger partial charge in [0.1, 0.15) is 0 Å².